The summed E-state index contributed by atoms with van der Waals surface area (Å²) >= 11 is 1.92. The van der Waals surface area contributed by atoms with Crippen LogP contribution >= 0.6 is 24.2 Å². The molecule has 1 saturated heterocycles. The zero-order valence-corrected chi connectivity index (χ0v) is 13.0. The van der Waals surface area contributed by atoms with E-state index in [1.165, 1.54) is 0 Å². The lowest BCUT2D eigenvalue weighted by Gasteiger charge is -2.40. The predicted molar refractivity (Wildman–Crippen MR) is 83.5 cm³/mol. The number of halogens is 1. The zero-order valence-electron chi connectivity index (χ0n) is 11.4. The van der Waals surface area contributed by atoms with Crippen LogP contribution in [0.25, 0.3) is 0 Å². The van der Waals surface area contributed by atoms with E-state index in [0.717, 1.165) is 35.8 Å². The third kappa shape index (κ3) is 3.57. The maximum Gasteiger partial charge on any atom is 0.119 e. The van der Waals surface area contributed by atoms with Crippen molar-refractivity contribution in [1.29, 1.82) is 0 Å². The summed E-state index contributed by atoms with van der Waals surface area (Å²) in [5, 5.41) is 14.2. The Kier molecular flexibility index (Phi) is 6.47. The van der Waals surface area contributed by atoms with Gasteiger partial charge < -0.3 is 15.2 Å². The Labute approximate surface area is 125 Å². The fourth-order valence-corrected chi connectivity index (χ4v) is 3.84. The molecule has 3 nitrogen and oxygen atoms in total. The summed E-state index contributed by atoms with van der Waals surface area (Å²) in [4.78, 5) is 0. The molecule has 2 N–H and O–H groups in total. The average molecular weight is 304 g/mol. The van der Waals surface area contributed by atoms with Crippen LogP contribution in [0.15, 0.2) is 24.3 Å². The Morgan fingerprint density at radius 2 is 2.32 bits per heavy atom. The molecule has 19 heavy (non-hydrogen) atoms. The van der Waals surface area contributed by atoms with E-state index in [9.17, 15) is 5.11 Å². The molecule has 0 aromatic heterocycles. The van der Waals surface area contributed by atoms with Crippen molar-refractivity contribution in [2.45, 2.75) is 12.0 Å². The second-order valence-electron chi connectivity index (χ2n) is 4.74. The van der Waals surface area contributed by atoms with E-state index >= 15 is 0 Å². The van der Waals surface area contributed by atoms with E-state index < -0.39 is 5.60 Å². The number of hydrogen-bond donors (Lipinski definition) is 2. The van der Waals surface area contributed by atoms with Crippen LogP contribution in [0.5, 0.6) is 5.75 Å². The highest BCUT2D eigenvalue weighted by molar-refractivity contribution is 7.99. The largest absolute Gasteiger partial charge is 0.497 e. The van der Waals surface area contributed by atoms with Gasteiger partial charge in [-0.1, -0.05) is 12.1 Å². The van der Waals surface area contributed by atoms with Gasteiger partial charge in [-0.3, -0.25) is 0 Å². The molecule has 1 heterocycles. The summed E-state index contributed by atoms with van der Waals surface area (Å²) in [7, 11) is 3.59. The monoisotopic (exact) mass is 303 g/mol. The first-order valence-corrected chi connectivity index (χ1v) is 7.45. The molecular formula is C14H22ClNO2S. The van der Waals surface area contributed by atoms with Gasteiger partial charge in [0.1, 0.15) is 5.75 Å². The van der Waals surface area contributed by atoms with Gasteiger partial charge in [0.25, 0.3) is 0 Å². The van der Waals surface area contributed by atoms with Gasteiger partial charge in [0.2, 0.25) is 0 Å². The number of hydrogen-bond acceptors (Lipinski definition) is 4. The van der Waals surface area contributed by atoms with Crippen LogP contribution in [-0.2, 0) is 5.60 Å². The van der Waals surface area contributed by atoms with E-state index in [1.807, 2.05) is 43.1 Å². The molecule has 0 spiro atoms. The Bertz CT molecular complexity index is 403. The summed E-state index contributed by atoms with van der Waals surface area (Å²) in [6.45, 7) is 0.834. The highest BCUT2D eigenvalue weighted by Crippen LogP contribution is 2.40. The summed E-state index contributed by atoms with van der Waals surface area (Å²) in [6, 6.07) is 7.82. The highest BCUT2D eigenvalue weighted by atomic mass is 35.5. The molecule has 0 aliphatic carbocycles. The topological polar surface area (TPSA) is 41.5 Å². The molecule has 108 valence electrons. The van der Waals surface area contributed by atoms with Crippen LogP contribution in [0.1, 0.15) is 12.0 Å². The van der Waals surface area contributed by atoms with Gasteiger partial charge in [-0.15, -0.1) is 12.4 Å². The summed E-state index contributed by atoms with van der Waals surface area (Å²) in [6.07, 6.45) is 0.803. The van der Waals surface area contributed by atoms with E-state index in [1.54, 1.807) is 7.11 Å². The first kappa shape index (κ1) is 16.6. The van der Waals surface area contributed by atoms with Crippen LogP contribution < -0.4 is 10.1 Å². The van der Waals surface area contributed by atoms with E-state index in [0.29, 0.717) is 0 Å². The van der Waals surface area contributed by atoms with Gasteiger partial charge in [-0.2, -0.15) is 11.8 Å². The molecule has 0 saturated carbocycles. The van der Waals surface area contributed by atoms with Gasteiger partial charge in [0.05, 0.1) is 12.7 Å². The molecule has 5 heteroatoms. The van der Waals surface area contributed by atoms with Gasteiger partial charge in [0.15, 0.2) is 0 Å². The number of nitrogens with one attached hydrogen (secondary N) is 1. The van der Waals surface area contributed by atoms with Crippen molar-refractivity contribution in [3.8, 4) is 5.75 Å². The molecule has 0 amide bonds. The van der Waals surface area contributed by atoms with Crippen LogP contribution in [0, 0.1) is 5.92 Å². The Hall–Kier alpha value is -0.420. The van der Waals surface area contributed by atoms with Gasteiger partial charge in [-0.05, 0) is 36.9 Å². The number of ether oxygens (including phenoxy) is 1. The molecule has 0 unspecified atom stereocenters. The minimum Gasteiger partial charge on any atom is -0.497 e. The van der Waals surface area contributed by atoms with Crippen molar-refractivity contribution in [3.05, 3.63) is 29.8 Å². The Morgan fingerprint density at radius 1 is 1.53 bits per heavy atom. The van der Waals surface area contributed by atoms with Crippen molar-refractivity contribution in [3.63, 3.8) is 0 Å². The summed E-state index contributed by atoms with van der Waals surface area (Å²) in [5.74, 6) is 3.05. The molecule has 2 atom stereocenters. The first-order valence-electron chi connectivity index (χ1n) is 6.30. The smallest absolute Gasteiger partial charge is 0.119 e. The number of methoxy groups -OCH3 is 1. The Morgan fingerprint density at radius 3 is 3.00 bits per heavy atom. The number of thioether (sulfide) groups is 1. The second kappa shape index (κ2) is 7.39. The van der Waals surface area contributed by atoms with Crippen LogP contribution in [-0.4, -0.2) is 37.3 Å². The molecule has 1 fully saturated rings. The second-order valence-corrected chi connectivity index (χ2v) is 5.89. The summed E-state index contributed by atoms with van der Waals surface area (Å²) in [5.41, 5.74) is 0.241. The standard InChI is InChI=1S/C14H21NO2S.ClH/c1-15-9-12-10-18-7-6-14(12,16)11-4-3-5-13(8-11)17-2;/h3-5,8,12,15-16H,6-7,9-10H2,1-2H3;1H/t12-,14+;/m0./s1. The van der Waals surface area contributed by atoms with Crippen LogP contribution in [0.3, 0.4) is 0 Å². The molecule has 1 aromatic rings. The number of benzene rings is 1. The van der Waals surface area contributed by atoms with Gasteiger partial charge >= 0.3 is 0 Å². The van der Waals surface area contributed by atoms with Crippen molar-refractivity contribution in [1.82, 2.24) is 5.32 Å². The lowest BCUT2D eigenvalue weighted by atomic mass is 9.79. The molecular weight excluding hydrogens is 282 g/mol. The van der Waals surface area contributed by atoms with Gasteiger partial charge in [-0.25, -0.2) is 0 Å². The third-order valence-electron chi connectivity index (χ3n) is 3.64. The van der Waals surface area contributed by atoms with Crippen molar-refractivity contribution in [2.24, 2.45) is 5.92 Å². The maximum atomic E-state index is 11.0. The van der Waals surface area contributed by atoms with Gasteiger partial charge in [0, 0.05) is 18.2 Å². The lowest BCUT2D eigenvalue weighted by Crippen LogP contribution is -2.44. The van der Waals surface area contributed by atoms with E-state index in [2.05, 4.69) is 5.32 Å². The quantitative estimate of drug-likeness (QED) is 0.895. The predicted octanol–water partition coefficient (Wildman–Crippen LogP) is 2.28. The zero-order chi connectivity index (χ0) is 13.0. The minimum absolute atomic E-state index is 0. The van der Waals surface area contributed by atoms with Crippen molar-refractivity contribution >= 4 is 24.2 Å². The highest BCUT2D eigenvalue weighted by Gasteiger charge is 2.40. The van der Waals surface area contributed by atoms with E-state index in [4.69, 9.17) is 4.74 Å². The minimum atomic E-state index is -0.733. The molecule has 2 rings (SSSR count). The summed E-state index contributed by atoms with van der Waals surface area (Å²) < 4.78 is 5.25. The number of rotatable bonds is 4. The third-order valence-corrected chi connectivity index (χ3v) is 4.77. The van der Waals surface area contributed by atoms with Crippen LogP contribution in [0.4, 0.5) is 0 Å². The van der Waals surface area contributed by atoms with Crippen LogP contribution in [0.2, 0.25) is 0 Å². The molecule has 1 aliphatic heterocycles. The molecule has 0 bridgehead atoms. The average Bonchev–Trinajstić information content (AvgIpc) is 2.42. The van der Waals surface area contributed by atoms with Crippen molar-refractivity contribution in [2.75, 3.05) is 32.2 Å². The fraction of sp³-hybridized carbons (Fsp3) is 0.571. The molecule has 0 radical (unpaired) electrons. The molecule has 1 aromatic carbocycles. The fourth-order valence-electron chi connectivity index (χ4n) is 2.54. The Balaban J connectivity index is 0.00000180. The number of aliphatic hydroxyl groups is 1. The lowest BCUT2D eigenvalue weighted by molar-refractivity contribution is -0.0203. The van der Waals surface area contributed by atoms with E-state index in [-0.39, 0.29) is 18.3 Å². The normalized spacial score (nSPS) is 26.6. The van der Waals surface area contributed by atoms with Crippen molar-refractivity contribution < 1.29 is 9.84 Å². The SMILES string of the molecule is CNC[C@H]1CSCC[C@@]1(O)c1cccc(OC)c1.Cl. The maximum absolute atomic E-state index is 11.0. The first-order chi connectivity index (χ1) is 8.70. The molecule has 1 aliphatic rings.